The summed E-state index contributed by atoms with van der Waals surface area (Å²) in [6.45, 7) is 6.70. The minimum Gasteiger partial charge on any atom is -0.497 e. The molecule has 1 atom stereocenters. The highest BCUT2D eigenvalue weighted by Gasteiger charge is 2.26. The number of aromatic nitrogens is 2. The van der Waals surface area contributed by atoms with Crippen molar-refractivity contribution in [3.63, 3.8) is 0 Å². The summed E-state index contributed by atoms with van der Waals surface area (Å²) in [6.07, 6.45) is 1.23. The number of H-pyrrole nitrogens is 1. The lowest BCUT2D eigenvalue weighted by atomic mass is 10.2. The largest absolute Gasteiger partial charge is 0.497 e. The molecule has 9 nitrogen and oxygen atoms in total. The molecule has 0 saturated heterocycles. The first-order valence-electron chi connectivity index (χ1n) is 8.63. The lowest BCUT2D eigenvalue weighted by Crippen LogP contribution is -2.42. The molecule has 0 fully saturated rings. The van der Waals surface area contributed by atoms with Crippen LogP contribution < -0.4 is 15.4 Å². The molecule has 0 aliphatic carbocycles. The van der Waals surface area contributed by atoms with Gasteiger partial charge in [0, 0.05) is 5.69 Å². The number of nitrogens with zero attached hydrogens (tertiary/aromatic N) is 1. The molecule has 2 aromatic rings. The van der Waals surface area contributed by atoms with E-state index in [1.54, 1.807) is 52.1 Å². The van der Waals surface area contributed by atoms with Crippen molar-refractivity contribution in [1.29, 1.82) is 0 Å². The summed E-state index contributed by atoms with van der Waals surface area (Å²) < 4.78 is 10.3. The summed E-state index contributed by atoms with van der Waals surface area (Å²) in [4.78, 5) is 43.5. The van der Waals surface area contributed by atoms with Crippen LogP contribution in [0.25, 0.3) is 0 Å². The first-order valence-corrected chi connectivity index (χ1v) is 8.63. The van der Waals surface area contributed by atoms with Crippen molar-refractivity contribution in [3.05, 3.63) is 42.0 Å². The van der Waals surface area contributed by atoms with Gasteiger partial charge in [0.1, 0.15) is 23.1 Å². The minimum atomic E-state index is -0.896. The van der Waals surface area contributed by atoms with Gasteiger partial charge in [-0.2, -0.15) is 0 Å². The van der Waals surface area contributed by atoms with Crippen LogP contribution in [0.2, 0.25) is 0 Å². The van der Waals surface area contributed by atoms with E-state index in [9.17, 15) is 14.4 Å². The van der Waals surface area contributed by atoms with Crippen LogP contribution in [0.1, 0.15) is 48.7 Å². The molecule has 9 heteroatoms. The van der Waals surface area contributed by atoms with E-state index >= 15 is 0 Å². The second-order valence-corrected chi connectivity index (χ2v) is 7.04. The zero-order chi connectivity index (χ0) is 20.9. The first kappa shape index (κ1) is 20.9. The molecule has 0 radical (unpaired) electrons. The van der Waals surface area contributed by atoms with Gasteiger partial charge >= 0.3 is 5.97 Å². The number of aromatic amines is 1. The number of anilines is 1. The van der Waals surface area contributed by atoms with Crippen LogP contribution in [0.5, 0.6) is 5.75 Å². The Balaban J connectivity index is 2.05. The monoisotopic (exact) mass is 388 g/mol. The van der Waals surface area contributed by atoms with Crippen LogP contribution >= 0.6 is 0 Å². The third-order valence-corrected chi connectivity index (χ3v) is 3.54. The van der Waals surface area contributed by atoms with E-state index in [0.29, 0.717) is 11.4 Å². The van der Waals surface area contributed by atoms with Crippen LogP contribution in [0, 0.1) is 0 Å². The van der Waals surface area contributed by atoms with Crippen LogP contribution in [0.15, 0.2) is 30.6 Å². The maximum absolute atomic E-state index is 12.5. The van der Waals surface area contributed by atoms with E-state index in [1.807, 2.05) is 0 Å². The number of nitrogens with one attached hydrogen (secondary N) is 3. The van der Waals surface area contributed by atoms with Crippen molar-refractivity contribution in [2.24, 2.45) is 0 Å². The summed E-state index contributed by atoms with van der Waals surface area (Å²) in [5.74, 6) is -1.14. The van der Waals surface area contributed by atoms with Gasteiger partial charge in [-0.1, -0.05) is 0 Å². The fraction of sp³-hybridized carbons (Fsp3) is 0.368. The second-order valence-electron chi connectivity index (χ2n) is 7.04. The number of hydrogen-bond donors (Lipinski definition) is 3. The van der Waals surface area contributed by atoms with Gasteiger partial charge < -0.3 is 25.1 Å². The van der Waals surface area contributed by atoms with E-state index in [1.165, 1.54) is 13.3 Å². The Bertz CT molecular complexity index is 852. The van der Waals surface area contributed by atoms with E-state index in [2.05, 4.69) is 20.6 Å². The summed E-state index contributed by atoms with van der Waals surface area (Å²) >= 11 is 0. The molecule has 2 amide bonds. The van der Waals surface area contributed by atoms with Crippen LogP contribution in [0.3, 0.4) is 0 Å². The standard InChI is InChI=1S/C19H24N4O5/c1-11(18(26)28-19(2,3)4)22-16(24)14-15(21-10-20-14)17(25)23-12-6-8-13(27-5)9-7-12/h6-11H,1-5H3,(H,20,21)(H,22,24)(H,23,25)/t11-/m0/s1. The first-order chi connectivity index (χ1) is 13.1. The zero-order valence-electron chi connectivity index (χ0n) is 16.5. The maximum atomic E-state index is 12.5. The highest BCUT2D eigenvalue weighted by atomic mass is 16.6. The predicted octanol–water partition coefficient (Wildman–Crippen LogP) is 2.13. The fourth-order valence-electron chi connectivity index (χ4n) is 2.22. The third kappa shape index (κ3) is 5.57. The summed E-state index contributed by atoms with van der Waals surface area (Å²) in [6, 6.07) is 5.81. The minimum absolute atomic E-state index is 0.0542. The number of rotatable bonds is 6. The number of hydrogen-bond acceptors (Lipinski definition) is 6. The number of carbonyl (C=O) groups is 3. The van der Waals surface area contributed by atoms with Crippen molar-refractivity contribution >= 4 is 23.5 Å². The van der Waals surface area contributed by atoms with E-state index in [4.69, 9.17) is 9.47 Å². The highest BCUT2D eigenvalue weighted by molar-refractivity contribution is 6.10. The molecule has 2 rings (SSSR count). The average molecular weight is 388 g/mol. The summed E-state index contributed by atoms with van der Waals surface area (Å²) in [5, 5.41) is 5.15. The SMILES string of the molecule is COc1ccc(NC(=O)c2nc[nH]c2C(=O)N[C@@H](C)C(=O)OC(C)(C)C)cc1. The topological polar surface area (TPSA) is 122 Å². The van der Waals surface area contributed by atoms with Gasteiger partial charge in [0.15, 0.2) is 5.69 Å². The van der Waals surface area contributed by atoms with Gasteiger partial charge in [-0.25, -0.2) is 9.78 Å². The number of imidazole rings is 1. The predicted molar refractivity (Wildman–Crippen MR) is 102 cm³/mol. The van der Waals surface area contributed by atoms with Crippen molar-refractivity contribution in [2.75, 3.05) is 12.4 Å². The molecular weight excluding hydrogens is 364 g/mol. The van der Waals surface area contributed by atoms with E-state index in [0.717, 1.165) is 0 Å². The fourth-order valence-corrected chi connectivity index (χ4v) is 2.22. The molecular formula is C19H24N4O5. The number of methoxy groups -OCH3 is 1. The number of ether oxygens (including phenoxy) is 2. The molecule has 1 aromatic heterocycles. The van der Waals surface area contributed by atoms with Gasteiger partial charge in [0.25, 0.3) is 11.8 Å². The molecule has 0 aliphatic heterocycles. The molecule has 1 heterocycles. The van der Waals surface area contributed by atoms with Crippen molar-refractivity contribution < 1.29 is 23.9 Å². The molecule has 28 heavy (non-hydrogen) atoms. The Morgan fingerprint density at radius 3 is 2.32 bits per heavy atom. The Kier molecular flexibility index (Phi) is 6.40. The number of carbonyl (C=O) groups excluding carboxylic acids is 3. The lowest BCUT2D eigenvalue weighted by Gasteiger charge is -2.22. The average Bonchev–Trinajstić information content (AvgIpc) is 3.11. The number of amides is 2. The van der Waals surface area contributed by atoms with Gasteiger partial charge in [-0.05, 0) is 52.0 Å². The second kappa shape index (κ2) is 8.55. The molecule has 0 saturated carbocycles. The van der Waals surface area contributed by atoms with Crippen molar-refractivity contribution in [2.45, 2.75) is 39.3 Å². The molecule has 1 aromatic carbocycles. The van der Waals surface area contributed by atoms with Gasteiger partial charge in [-0.3, -0.25) is 9.59 Å². The highest BCUT2D eigenvalue weighted by Crippen LogP contribution is 2.16. The van der Waals surface area contributed by atoms with Crippen molar-refractivity contribution in [1.82, 2.24) is 15.3 Å². The quantitative estimate of drug-likeness (QED) is 0.652. The molecule has 3 N–H and O–H groups in total. The summed E-state index contributed by atoms with van der Waals surface area (Å²) in [5.41, 5.74) is -0.304. The molecule has 0 aliphatic rings. The number of benzene rings is 1. The third-order valence-electron chi connectivity index (χ3n) is 3.54. The molecule has 0 spiro atoms. The Morgan fingerprint density at radius 2 is 1.75 bits per heavy atom. The normalized spacial score (nSPS) is 12.0. The Morgan fingerprint density at radius 1 is 1.11 bits per heavy atom. The smallest absolute Gasteiger partial charge is 0.328 e. The summed E-state index contributed by atoms with van der Waals surface area (Å²) in [7, 11) is 1.54. The molecule has 150 valence electrons. The van der Waals surface area contributed by atoms with Crippen LogP contribution in [-0.4, -0.2) is 46.5 Å². The Hall–Kier alpha value is -3.36. The molecule has 0 bridgehead atoms. The van der Waals surface area contributed by atoms with Gasteiger partial charge in [0.05, 0.1) is 13.4 Å². The maximum Gasteiger partial charge on any atom is 0.328 e. The zero-order valence-corrected chi connectivity index (χ0v) is 16.5. The van der Waals surface area contributed by atoms with Crippen molar-refractivity contribution in [3.8, 4) is 5.75 Å². The van der Waals surface area contributed by atoms with E-state index < -0.39 is 29.4 Å². The molecule has 0 unspecified atom stereocenters. The van der Waals surface area contributed by atoms with Crippen LogP contribution in [0.4, 0.5) is 5.69 Å². The number of esters is 1. The van der Waals surface area contributed by atoms with Gasteiger partial charge in [0.2, 0.25) is 0 Å². The van der Waals surface area contributed by atoms with E-state index in [-0.39, 0.29) is 11.4 Å². The lowest BCUT2D eigenvalue weighted by molar-refractivity contribution is -0.156. The van der Waals surface area contributed by atoms with Crippen LogP contribution in [-0.2, 0) is 9.53 Å². The Labute approximate surface area is 162 Å². The van der Waals surface area contributed by atoms with Gasteiger partial charge in [-0.15, -0.1) is 0 Å².